The Morgan fingerprint density at radius 2 is 2.14 bits per heavy atom. The number of nitrogens with one attached hydrogen (secondary N) is 1. The number of nitrogens with zero attached hydrogens (tertiary/aromatic N) is 1. The normalized spacial score (nSPS) is 22.0. The number of fused-ring (bicyclic) bond motifs is 2. The Balaban J connectivity index is 2.11. The summed E-state index contributed by atoms with van der Waals surface area (Å²) in [4.78, 5) is 14.2. The summed E-state index contributed by atoms with van der Waals surface area (Å²) in [6.45, 7) is 3.78. The summed E-state index contributed by atoms with van der Waals surface area (Å²) in [5, 5.41) is 3.23. The number of amides is 1. The van der Waals surface area contributed by atoms with Crippen LogP contribution in [0.3, 0.4) is 0 Å². The van der Waals surface area contributed by atoms with Crippen LogP contribution >= 0.6 is 0 Å². The van der Waals surface area contributed by atoms with Crippen LogP contribution in [0.5, 0.6) is 0 Å². The van der Waals surface area contributed by atoms with Crippen molar-refractivity contribution in [1.82, 2.24) is 10.2 Å². The molecule has 1 unspecified atom stereocenters. The van der Waals surface area contributed by atoms with Gasteiger partial charge in [-0.2, -0.15) is 13.2 Å². The molecule has 6 heteroatoms. The highest BCUT2D eigenvalue weighted by atomic mass is 19.4. The first-order valence-corrected chi connectivity index (χ1v) is 7.16. The molecule has 1 amide bonds. The molecule has 1 saturated heterocycles. The number of carbonyl (C=O) groups excluding carboxylic acids is 1. The highest BCUT2D eigenvalue weighted by molar-refractivity contribution is 5.97. The highest BCUT2D eigenvalue weighted by Crippen LogP contribution is 2.35. The SMILES string of the molecule is CCc1cc(C(F)(F)F)cc2c1CC1CNCCN1C2=O. The predicted octanol–water partition coefficient (Wildman–Crippen LogP) is 2.24. The molecule has 3 rings (SSSR count). The van der Waals surface area contributed by atoms with E-state index in [4.69, 9.17) is 0 Å². The van der Waals surface area contributed by atoms with Gasteiger partial charge >= 0.3 is 6.18 Å². The standard InChI is InChI=1S/C15H17F3N2O/c1-2-9-5-10(15(16,17)18)6-13-12(9)7-11-8-19-3-4-20(11)14(13)21/h5-6,11,19H,2-4,7-8H2,1H3. The van der Waals surface area contributed by atoms with Crippen molar-refractivity contribution in [3.05, 3.63) is 34.4 Å². The van der Waals surface area contributed by atoms with Crippen LogP contribution in [-0.2, 0) is 19.0 Å². The summed E-state index contributed by atoms with van der Waals surface area (Å²) in [7, 11) is 0. The quantitative estimate of drug-likeness (QED) is 0.862. The Hall–Kier alpha value is -1.56. The number of hydrogen-bond acceptors (Lipinski definition) is 2. The first-order chi connectivity index (χ1) is 9.91. The summed E-state index contributed by atoms with van der Waals surface area (Å²) in [5.74, 6) is -0.261. The van der Waals surface area contributed by atoms with Crippen molar-refractivity contribution in [3.8, 4) is 0 Å². The van der Waals surface area contributed by atoms with Gasteiger partial charge in [0.15, 0.2) is 0 Å². The third-order valence-electron chi connectivity index (χ3n) is 4.33. The molecule has 1 aromatic carbocycles. The fourth-order valence-electron chi connectivity index (χ4n) is 3.24. The van der Waals surface area contributed by atoms with E-state index < -0.39 is 11.7 Å². The lowest BCUT2D eigenvalue weighted by Gasteiger charge is -2.41. The van der Waals surface area contributed by atoms with Gasteiger partial charge in [-0.1, -0.05) is 6.92 Å². The average molecular weight is 298 g/mol. The van der Waals surface area contributed by atoms with E-state index >= 15 is 0 Å². The van der Waals surface area contributed by atoms with E-state index in [1.54, 1.807) is 4.90 Å². The molecule has 0 radical (unpaired) electrons. The number of alkyl halides is 3. The van der Waals surface area contributed by atoms with E-state index in [0.29, 0.717) is 38.0 Å². The molecule has 2 aliphatic rings. The zero-order chi connectivity index (χ0) is 15.2. The minimum absolute atomic E-state index is 0.0563. The lowest BCUT2D eigenvalue weighted by atomic mass is 9.86. The van der Waals surface area contributed by atoms with Gasteiger partial charge < -0.3 is 10.2 Å². The fourth-order valence-corrected chi connectivity index (χ4v) is 3.24. The Morgan fingerprint density at radius 1 is 1.38 bits per heavy atom. The molecular formula is C15H17F3N2O. The maximum atomic E-state index is 13.0. The molecule has 1 N–H and O–H groups in total. The van der Waals surface area contributed by atoms with Crippen LogP contribution in [0.2, 0.25) is 0 Å². The summed E-state index contributed by atoms with van der Waals surface area (Å²) in [6, 6.07) is 2.27. The first kappa shape index (κ1) is 14.4. The monoisotopic (exact) mass is 298 g/mol. The second-order valence-electron chi connectivity index (χ2n) is 5.57. The van der Waals surface area contributed by atoms with Crippen LogP contribution in [0, 0.1) is 0 Å². The highest BCUT2D eigenvalue weighted by Gasteiger charge is 2.38. The van der Waals surface area contributed by atoms with Gasteiger partial charge in [-0.05, 0) is 36.1 Å². The summed E-state index contributed by atoms with van der Waals surface area (Å²) in [5.41, 5.74) is 0.943. The Bertz CT molecular complexity index is 583. The second-order valence-corrected chi connectivity index (χ2v) is 5.57. The molecule has 114 valence electrons. The summed E-state index contributed by atoms with van der Waals surface area (Å²) in [6.07, 6.45) is -3.28. The van der Waals surface area contributed by atoms with Crippen molar-refractivity contribution in [2.45, 2.75) is 32.0 Å². The topological polar surface area (TPSA) is 32.3 Å². The Morgan fingerprint density at radius 3 is 2.81 bits per heavy atom. The van der Waals surface area contributed by atoms with Gasteiger partial charge in [-0.15, -0.1) is 0 Å². The molecular weight excluding hydrogens is 281 g/mol. The van der Waals surface area contributed by atoms with Gasteiger partial charge in [-0.3, -0.25) is 4.79 Å². The van der Waals surface area contributed by atoms with E-state index in [0.717, 1.165) is 11.6 Å². The van der Waals surface area contributed by atoms with E-state index in [9.17, 15) is 18.0 Å². The average Bonchev–Trinajstić information content (AvgIpc) is 2.45. The molecule has 0 saturated carbocycles. The first-order valence-electron chi connectivity index (χ1n) is 7.16. The van der Waals surface area contributed by atoms with Crippen LogP contribution in [0.1, 0.15) is 34.0 Å². The molecule has 0 aliphatic carbocycles. The summed E-state index contributed by atoms with van der Waals surface area (Å²) < 4.78 is 39.0. The van der Waals surface area contributed by atoms with Gasteiger partial charge in [-0.25, -0.2) is 0 Å². The molecule has 2 aliphatic heterocycles. The number of rotatable bonds is 1. The van der Waals surface area contributed by atoms with Crippen molar-refractivity contribution in [2.75, 3.05) is 19.6 Å². The van der Waals surface area contributed by atoms with Crippen LogP contribution in [0.25, 0.3) is 0 Å². The van der Waals surface area contributed by atoms with E-state index in [-0.39, 0.29) is 17.5 Å². The van der Waals surface area contributed by atoms with Gasteiger partial charge in [0.2, 0.25) is 0 Å². The van der Waals surface area contributed by atoms with Gasteiger partial charge in [0.1, 0.15) is 0 Å². The zero-order valence-electron chi connectivity index (χ0n) is 11.8. The van der Waals surface area contributed by atoms with Gasteiger partial charge in [0, 0.05) is 31.2 Å². The largest absolute Gasteiger partial charge is 0.416 e. The van der Waals surface area contributed by atoms with E-state index in [2.05, 4.69) is 5.32 Å². The number of benzene rings is 1. The van der Waals surface area contributed by atoms with Crippen molar-refractivity contribution < 1.29 is 18.0 Å². The fraction of sp³-hybridized carbons (Fsp3) is 0.533. The maximum absolute atomic E-state index is 13.0. The number of piperazine rings is 1. The molecule has 3 nitrogen and oxygen atoms in total. The number of hydrogen-bond donors (Lipinski definition) is 1. The lowest BCUT2D eigenvalue weighted by Crippen LogP contribution is -2.57. The number of halogens is 3. The van der Waals surface area contributed by atoms with E-state index in [1.165, 1.54) is 6.07 Å². The minimum Gasteiger partial charge on any atom is -0.333 e. The van der Waals surface area contributed by atoms with Crippen LogP contribution in [0.4, 0.5) is 13.2 Å². The Kier molecular flexibility index (Phi) is 3.43. The lowest BCUT2D eigenvalue weighted by molar-refractivity contribution is -0.137. The van der Waals surface area contributed by atoms with Crippen LogP contribution in [-0.4, -0.2) is 36.5 Å². The molecule has 0 spiro atoms. The molecule has 21 heavy (non-hydrogen) atoms. The van der Waals surface area contributed by atoms with Crippen LogP contribution in [0.15, 0.2) is 12.1 Å². The van der Waals surface area contributed by atoms with Crippen molar-refractivity contribution in [3.63, 3.8) is 0 Å². The van der Waals surface area contributed by atoms with E-state index in [1.807, 2.05) is 6.92 Å². The summed E-state index contributed by atoms with van der Waals surface area (Å²) >= 11 is 0. The van der Waals surface area contributed by atoms with Crippen LogP contribution < -0.4 is 5.32 Å². The van der Waals surface area contributed by atoms with Crippen molar-refractivity contribution in [1.29, 1.82) is 0 Å². The maximum Gasteiger partial charge on any atom is 0.416 e. The molecule has 0 bridgehead atoms. The third-order valence-corrected chi connectivity index (χ3v) is 4.33. The third kappa shape index (κ3) is 2.41. The van der Waals surface area contributed by atoms with Gasteiger partial charge in [0.05, 0.1) is 5.56 Å². The van der Waals surface area contributed by atoms with Gasteiger partial charge in [0.25, 0.3) is 5.91 Å². The van der Waals surface area contributed by atoms with Crippen molar-refractivity contribution in [2.24, 2.45) is 0 Å². The molecule has 0 aromatic heterocycles. The molecule has 1 aromatic rings. The van der Waals surface area contributed by atoms with Crippen molar-refractivity contribution >= 4 is 5.91 Å². The molecule has 1 atom stereocenters. The minimum atomic E-state index is -4.42. The Labute approximate surface area is 121 Å². The smallest absolute Gasteiger partial charge is 0.333 e. The predicted molar refractivity (Wildman–Crippen MR) is 72.2 cm³/mol. The number of carbonyl (C=O) groups is 1. The number of aryl methyl sites for hydroxylation is 1. The molecule has 2 heterocycles. The molecule has 1 fully saturated rings. The second kappa shape index (κ2) is 5.02. The zero-order valence-corrected chi connectivity index (χ0v) is 11.8.